The van der Waals surface area contributed by atoms with E-state index in [1.54, 1.807) is 18.3 Å². The van der Waals surface area contributed by atoms with Crippen molar-refractivity contribution in [2.45, 2.75) is 30.3 Å². The van der Waals surface area contributed by atoms with Crippen LogP contribution in [0.2, 0.25) is 0 Å². The lowest BCUT2D eigenvalue weighted by Crippen LogP contribution is -2.44. The molecule has 0 aliphatic carbocycles. The van der Waals surface area contributed by atoms with Crippen LogP contribution in [0.4, 0.5) is 5.69 Å². The molecule has 0 amide bonds. The van der Waals surface area contributed by atoms with Crippen LogP contribution in [0.25, 0.3) is 0 Å². The molecule has 2 heterocycles. The van der Waals surface area contributed by atoms with Crippen molar-refractivity contribution in [3.05, 3.63) is 54.4 Å². The molecule has 2 aromatic rings. The molecule has 1 saturated heterocycles. The van der Waals surface area contributed by atoms with Gasteiger partial charge in [-0.05, 0) is 49.2 Å². The maximum atomic E-state index is 12.4. The Hall–Kier alpha value is -1.96. The minimum absolute atomic E-state index is 0.0347. The molecule has 1 fully saturated rings. The van der Waals surface area contributed by atoms with Gasteiger partial charge in [-0.3, -0.25) is 9.88 Å². The Morgan fingerprint density at radius 2 is 1.83 bits per heavy atom. The molecular weight excluding hydrogens is 324 g/mol. The minimum Gasteiger partial charge on any atom is -0.399 e. The van der Waals surface area contributed by atoms with Crippen molar-refractivity contribution >= 4 is 15.7 Å². The van der Waals surface area contributed by atoms with E-state index in [9.17, 15) is 8.42 Å². The van der Waals surface area contributed by atoms with Crippen molar-refractivity contribution in [2.75, 3.05) is 18.8 Å². The number of sulfonamides is 1. The van der Waals surface area contributed by atoms with Crippen LogP contribution in [-0.2, 0) is 16.6 Å². The summed E-state index contributed by atoms with van der Waals surface area (Å²) < 4.78 is 27.6. The van der Waals surface area contributed by atoms with Crippen LogP contribution in [0.5, 0.6) is 0 Å². The van der Waals surface area contributed by atoms with Gasteiger partial charge in [-0.1, -0.05) is 6.07 Å². The molecular formula is C17H22N4O2S. The van der Waals surface area contributed by atoms with E-state index in [4.69, 9.17) is 5.73 Å². The summed E-state index contributed by atoms with van der Waals surface area (Å²) in [5.41, 5.74) is 7.20. The summed E-state index contributed by atoms with van der Waals surface area (Å²) >= 11 is 0. The average molecular weight is 346 g/mol. The topological polar surface area (TPSA) is 88.3 Å². The molecule has 1 aromatic heterocycles. The van der Waals surface area contributed by atoms with E-state index >= 15 is 0 Å². The molecule has 6 nitrogen and oxygen atoms in total. The number of benzene rings is 1. The van der Waals surface area contributed by atoms with Crippen LogP contribution >= 0.6 is 0 Å². The Balaban J connectivity index is 1.54. The number of likely N-dealkylation sites (tertiary alicyclic amines) is 1. The Kier molecular flexibility index (Phi) is 5.13. The number of aromatic nitrogens is 1. The molecule has 128 valence electrons. The van der Waals surface area contributed by atoms with E-state index in [-0.39, 0.29) is 10.9 Å². The van der Waals surface area contributed by atoms with Gasteiger partial charge in [0.05, 0.1) is 10.6 Å². The van der Waals surface area contributed by atoms with E-state index < -0.39 is 10.0 Å². The summed E-state index contributed by atoms with van der Waals surface area (Å²) in [6, 6.07) is 12.1. The van der Waals surface area contributed by atoms with E-state index in [0.29, 0.717) is 5.69 Å². The van der Waals surface area contributed by atoms with Gasteiger partial charge in [0.1, 0.15) is 0 Å². The highest BCUT2D eigenvalue weighted by molar-refractivity contribution is 7.89. The van der Waals surface area contributed by atoms with Crippen LogP contribution < -0.4 is 10.5 Å². The SMILES string of the molecule is Nc1ccc(S(=O)(=O)NC2CCN(Cc3ccccn3)CC2)cc1. The fourth-order valence-corrected chi connectivity index (χ4v) is 4.17. The summed E-state index contributed by atoms with van der Waals surface area (Å²) in [7, 11) is -3.49. The van der Waals surface area contributed by atoms with Crippen molar-refractivity contribution in [3.8, 4) is 0 Å². The number of nitrogens with two attached hydrogens (primary N) is 1. The second-order valence-corrected chi connectivity index (χ2v) is 7.78. The first kappa shape index (κ1) is 16.9. The van der Waals surface area contributed by atoms with Gasteiger partial charge in [0.25, 0.3) is 0 Å². The zero-order chi connectivity index (χ0) is 17.0. The molecule has 7 heteroatoms. The number of hydrogen-bond donors (Lipinski definition) is 2. The Labute approximate surface area is 142 Å². The normalized spacial score (nSPS) is 17.0. The van der Waals surface area contributed by atoms with Gasteiger partial charge >= 0.3 is 0 Å². The first-order valence-electron chi connectivity index (χ1n) is 8.03. The number of anilines is 1. The first-order chi connectivity index (χ1) is 11.5. The molecule has 0 saturated carbocycles. The summed E-state index contributed by atoms with van der Waals surface area (Å²) in [4.78, 5) is 6.89. The lowest BCUT2D eigenvalue weighted by atomic mass is 10.1. The second kappa shape index (κ2) is 7.29. The second-order valence-electron chi connectivity index (χ2n) is 6.06. The highest BCUT2D eigenvalue weighted by Gasteiger charge is 2.24. The van der Waals surface area contributed by atoms with Gasteiger partial charge in [0.2, 0.25) is 10.0 Å². The van der Waals surface area contributed by atoms with Gasteiger partial charge in [-0.15, -0.1) is 0 Å². The molecule has 3 rings (SSSR count). The van der Waals surface area contributed by atoms with Crippen LogP contribution in [-0.4, -0.2) is 37.4 Å². The standard InChI is InChI=1S/C17H22N4O2S/c18-14-4-6-17(7-5-14)24(22,23)20-15-8-11-21(12-9-15)13-16-3-1-2-10-19-16/h1-7,10,15,20H,8-9,11-13,18H2. The van der Waals surface area contributed by atoms with E-state index in [0.717, 1.165) is 38.2 Å². The molecule has 1 aliphatic rings. The molecule has 0 spiro atoms. The van der Waals surface area contributed by atoms with Crippen LogP contribution in [0, 0.1) is 0 Å². The van der Waals surface area contributed by atoms with Gasteiger partial charge in [-0.2, -0.15) is 0 Å². The number of nitrogens with one attached hydrogen (secondary N) is 1. The third-order valence-electron chi connectivity index (χ3n) is 4.21. The van der Waals surface area contributed by atoms with Crippen molar-refractivity contribution in [3.63, 3.8) is 0 Å². The first-order valence-corrected chi connectivity index (χ1v) is 9.51. The molecule has 0 atom stereocenters. The molecule has 3 N–H and O–H groups in total. The number of hydrogen-bond acceptors (Lipinski definition) is 5. The number of rotatable bonds is 5. The van der Waals surface area contributed by atoms with Crippen LogP contribution in [0.15, 0.2) is 53.6 Å². The molecule has 0 unspecified atom stereocenters. The third kappa shape index (κ3) is 4.31. The summed E-state index contributed by atoms with van der Waals surface area (Å²) in [6.45, 7) is 2.51. The van der Waals surface area contributed by atoms with Gasteiger partial charge in [0.15, 0.2) is 0 Å². The van der Waals surface area contributed by atoms with Gasteiger partial charge in [-0.25, -0.2) is 13.1 Å². The maximum absolute atomic E-state index is 12.4. The summed E-state index contributed by atoms with van der Waals surface area (Å²) in [5, 5.41) is 0. The average Bonchev–Trinajstić information content (AvgIpc) is 2.58. The predicted octanol–water partition coefficient (Wildman–Crippen LogP) is 1.61. The Bertz CT molecular complexity index is 755. The zero-order valence-corrected chi connectivity index (χ0v) is 14.2. The van der Waals surface area contributed by atoms with Crippen molar-refractivity contribution < 1.29 is 8.42 Å². The monoisotopic (exact) mass is 346 g/mol. The fourth-order valence-electron chi connectivity index (χ4n) is 2.86. The quantitative estimate of drug-likeness (QED) is 0.803. The lowest BCUT2D eigenvalue weighted by molar-refractivity contribution is 0.198. The highest BCUT2D eigenvalue weighted by Crippen LogP contribution is 2.17. The smallest absolute Gasteiger partial charge is 0.240 e. The molecule has 24 heavy (non-hydrogen) atoms. The number of nitrogens with zero attached hydrogens (tertiary/aromatic N) is 2. The summed E-state index contributed by atoms with van der Waals surface area (Å²) in [6.07, 6.45) is 3.38. The van der Waals surface area contributed by atoms with E-state index in [2.05, 4.69) is 14.6 Å². The minimum atomic E-state index is -3.49. The molecule has 0 radical (unpaired) electrons. The van der Waals surface area contributed by atoms with Crippen molar-refractivity contribution in [2.24, 2.45) is 0 Å². The Morgan fingerprint density at radius 1 is 1.12 bits per heavy atom. The van der Waals surface area contributed by atoms with Crippen LogP contribution in [0.1, 0.15) is 18.5 Å². The summed E-state index contributed by atoms with van der Waals surface area (Å²) in [5.74, 6) is 0. The lowest BCUT2D eigenvalue weighted by Gasteiger charge is -2.31. The number of piperidine rings is 1. The van der Waals surface area contributed by atoms with E-state index in [1.165, 1.54) is 12.1 Å². The molecule has 1 aliphatic heterocycles. The third-order valence-corrected chi connectivity index (χ3v) is 5.75. The highest BCUT2D eigenvalue weighted by atomic mass is 32.2. The Morgan fingerprint density at radius 3 is 2.46 bits per heavy atom. The van der Waals surface area contributed by atoms with Gasteiger partial charge in [0, 0.05) is 37.6 Å². The maximum Gasteiger partial charge on any atom is 0.240 e. The van der Waals surface area contributed by atoms with Crippen molar-refractivity contribution in [1.82, 2.24) is 14.6 Å². The largest absolute Gasteiger partial charge is 0.399 e. The number of nitrogen functional groups attached to an aromatic ring is 1. The van der Waals surface area contributed by atoms with Crippen molar-refractivity contribution in [1.29, 1.82) is 0 Å². The molecule has 1 aromatic carbocycles. The fraction of sp³-hybridized carbons (Fsp3) is 0.353. The number of pyridine rings is 1. The van der Waals surface area contributed by atoms with E-state index in [1.807, 2.05) is 18.2 Å². The van der Waals surface area contributed by atoms with Gasteiger partial charge < -0.3 is 5.73 Å². The van der Waals surface area contributed by atoms with Crippen LogP contribution in [0.3, 0.4) is 0 Å². The predicted molar refractivity (Wildman–Crippen MR) is 93.7 cm³/mol. The zero-order valence-electron chi connectivity index (χ0n) is 13.4. The molecule has 0 bridgehead atoms.